The van der Waals surface area contributed by atoms with Crippen LogP contribution in [0.4, 0.5) is 5.95 Å². The number of benzene rings is 2. The van der Waals surface area contributed by atoms with E-state index in [9.17, 15) is 18.0 Å². The van der Waals surface area contributed by atoms with Crippen LogP contribution in [0.1, 0.15) is 55.1 Å². The van der Waals surface area contributed by atoms with Gasteiger partial charge in [-0.25, -0.2) is 18.1 Å². The van der Waals surface area contributed by atoms with Gasteiger partial charge in [0.25, 0.3) is 15.9 Å². The van der Waals surface area contributed by atoms with Crippen molar-refractivity contribution in [2.75, 3.05) is 44.7 Å². The molecule has 1 aromatic heterocycles. The molecule has 246 valence electrons. The highest BCUT2D eigenvalue weighted by Crippen LogP contribution is 2.32. The number of aromatic nitrogens is 2. The first kappa shape index (κ1) is 33.3. The number of sulfonamides is 1. The summed E-state index contributed by atoms with van der Waals surface area (Å²) in [6, 6.07) is 13.1. The fourth-order valence-electron chi connectivity index (χ4n) is 6.21. The van der Waals surface area contributed by atoms with E-state index in [1.807, 2.05) is 32.0 Å². The molecule has 3 aromatic rings. The number of hydrogen-bond donors (Lipinski definition) is 1. The molecule has 4 bridgehead atoms. The van der Waals surface area contributed by atoms with Crippen molar-refractivity contribution in [3.63, 3.8) is 0 Å². The number of hydrogen-bond acceptors (Lipinski definition) is 8. The molecule has 1 saturated heterocycles. The Morgan fingerprint density at radius 1 is 1.04 bits per heavy atom. The molecule has 11 nitrogen and oxygen atoms in total. The average molecular weight is 650 g/mol. The predicted molar refractivity (Wildman–Crippen MR) is 175 cm³/mol. The minimum Gasteiger partial charge on any atom is -0.475 e. The van der Waals surface area contributed by atoms with Crippen LogP contribution in [0.5, 0.6) is 5.88 Å². The van der Waals surface area contributed by atoms with E-state index in [2.05, 4.69) is 35.5 Å². The number of aryl methyl sites for hydroxylation is 2. The average Bonchev–Trinajstić information content (AvgIpc) is 3.33. The second-order valence-electron chi connectivity index (χ2n) is 13.3. The first-order valence-electron chi connectivity index (χ1n) is 15.6. The normalized spacial score (nSPS) is 20.0. The van der Waals surface area contributed by atoms with Crippen molar-refractivity contribution in [2.24, 2.45) is 11.3 Å². The Bertz CT molecular complexity index is 1700. The van der Waals surface area contributed by atoms with Gasteiger partial charge >= 0.3 is 0 Å². The third-order valence-electron chi connectivity index (χ3n) is 8.42. The van der Waals surface area contributed by atoms with Crippen LogP contribution in [0.15, 0.2) is 53.4 Å². The predicted octanol–water partition coefficient (Wildman–Crippen LogP) is 4.70. The second-order valence-corrected chi connectivity index (χ2v) is 15.0. The summed E-state index contributed by atoms with van der Waals surface area (Å²) < 4.78 is 41.3. The van der Waals surface area contributed by atoms with Crippen LogP contribution in [0.2, 0.25) is 0 Å². The monoisotopic (exact) mass is 649 g/mol. The number of nitrogens with zero attached hydrogens (tertiary/aromatic N) is 4. The van der Waals surface area contributed by atoms with E-state index in [4.69, 9.17) is 9.47 Å². The smallest absolute Gasteiger partial charge is 0.264 e. The first-order chi connectivity index (χ1) is 21.8. The quantitative estimate of drug-likeness (QED) is 0.390. The van der Waals surface area contributed by atoms with Gasteiger partial charge in [0.05, 0.1) is 29.2 Å². The van der Waals surface area contributed by atoms with Crippen LogP contribution in [0.3, 0.4) is 0 Å². The van der Waals surface area contributed by atoms with Gasteiger partial charge in [-0.1, -0.05) is 45.0 Å². The van der Waals surface area contributed by atoms with Crippen molar-refractivity contribution in [2.45, 2.75) is 58.4 Å². The molecule has 0 saturated carbocycles. The Morgan fingerprint density at radius 3 is 2.46 bits per heavy atom. The van der Waals surface area contributed by atoms with Gasteiger partial charge in [-0.05, 0) is 61.4 Å². The van der Waals surface area contributed by atoms with Crippen LogP contribution in [-0.2, 0) is 19.6 Å². The highest BCUT2D eigenvalue weighted by atomic mass is 32.2. The number of methoxy groups -OCH3 is 1. The third-order valence-corrected chi connectivity index (χ3v) is 9.75. The Balaban J connectivity index is 1.61. The largest absolute Gasteiger partial charge is 0.475 e. The fraction of sp³-hybridized carbons (Fsp3) is 0.471. The maximum Gasteiger partial charge on any atom is 0.264 e. The van der Waals surface area contributed by atoms with E-state index in [1.54, 1.807) is 35.1 Å². The summed E-state index contributed by atoms with van der Waals surface area (Å²) in [5.74, 6) is -0.768. The van der Waals surface area contributed by atoms with E-state index in [1.165, 1.54) is 12.1 Å². The summed E-state index contributed by atoms with van der Waals surface area (Å²) in [5, 5.41) is 0. The number of amides is 2. The number of ether oxygens (including phenoxy) is 2. The standard InChI is InChI=1S/C34H43N5O6S/c1-22-9-7-10-23(2)30(22)28-18-29-36-33(35-28)37-46(42,43)27-12-8-11-24(17-27)32(41)39(26(21-45-29)19-34(3,4)5)20-25-13-14-38(31(25)40)15-16-44-6/h7-12,17-18,25-26H,13-16,19-21H2,1-6H3,(H,35,36,37)/t25?,26-/m1/s1. The molecule has 2 aliphatic rings. The summed E-state index contributed by atoms with van der Waals surface area (Å²) in [7, 11) is -2.58. The lowest BCUT2D eigenvalue weighted by Gasteiger charge is -2.37. The van der Waals surface area contributed by atoms with Gasteiger partial charge in [0.1, 0.15) is 6.61 Å². The van der Waals surface area contributed by atoms with Crippen LogP contribution in [0.25, 0.3) is 11.3 Å². The zero-order chi connectivity index (χ0) is 33.2. The van der Waals surface area contributed by atoms with Crippen LogP contribution in [-0.4, -0.2) is 86.0 Å². The molecule has 3 heterocycles. The minimum absolute atomic E-state index is 0.0255. The number of likely N-dealkylation sites (tertiary alicyclic amines) is 1. The van der Waals surface area contributed by atoms with Gasteiger partial charge in [0.15, 0.2) is 0 Å². The van der Waals surface area contributed by atoms with Gasteiger partial charge in [0.2, 0.25) is 17.7 Å². The molecule has 2 amide bonds. The highest BCUT2D eigenvalue weighted by Gasteiger charge is 2.38. The molecule has 0 radical (unpaired) electrons. The van der Waals surface area contributed by atoms with E-state index in [-0.39, 0.29) is 52.7 Å². The lowest BCUT2D eigenvalue weighted by atomic mass is 9.87. The van der Waals surface area contributed by atoms with Crippen molar-refractivity contribution >= 4 is 27.8 Å². The van der Waals surface area contributed by atoms with Crippen molar-refractivity contribution in [3.05, 3.63) is 65.2 Å². The van der Waals surface area contributed by atoms with Gasteiger partial charge in [-0.2, -0.15) is 4.98 Å². The number of carbonyl (C=O) groups excluding carboxylic acids is 2. The molecular formula is C34H43N5O6S. The van der Waals surface area contributed by atoms with Gasteiger partial charge < -0.3 is 19.3 Å². The molecule has 46 heavy (non-hydrogen) atoms. The number of anilines is 1. The van der Waals surface area contributed by atoms with Crippen molar-refractivity contribution in [3.8, 4) is 17.1 Å². The molecule has 2 aliphatic heterocycles. The van der Waals surface area contributed by atoms with E-state index in [0.29, 0.717) is 38.2 Å². The lowest BCUT2D eigenvalue weighted by Crippen LogP contribution is -2.48. The maximum absolute atomic E-state index is 14.4. The number of carbonyl (C=O) groups is 2. The third kappa shape index (κ3) is 7.50. The van der Waals surface area contributed by atoms with Crippen LogP contribution >= 0.6 is 0 Å². The lowest BCUT2D eigenvalue weighted by molar-refractivity contribution is -0.132. The van der Waals surface area contributed by atoms with E-state index < -0.39 is 22.0 Å². The van der Waals surface area contributed by atoms with Crippen LogP contribution < -0.4 is 9.46 Å². The topological polar surface area (TPSA) is 131 Å². The number of rotatable bonds is 7. The summed E-state index contributed by atoms with van der Waals surface area (Å²) in [5.41, 5.74) is 3.28. The molecule has 1 fully saturated rings. The molecule has 1 unspecified atom stereocenters. The molecule has 0 spiro atoms. The molecule has 2 aromatic carbocycles. The summed E-state index contributed by atoms with van der Waals surface area (Å²) in [6.07, 6.45) is 1.16. The fourth-order valence-corrected chi connectivity index (χ4v) is 7.20. The van der Waals surface area contributed by atoms with Gasteiger partial charge in [-0.3, -0.25) is 9.59 Å². The zero-order valence-electron chi connectivity index (χ0n) is 27.4. The van der Waals surface area contributed by atoms with Crippen molar-refractivity contribution in [1.29, 1.82) is 0 Å². The summed E-state index contributed by atoms with van der Waals surface area (Å²) in [6.45, 7) is 11.9. The number of fused-ring (bicyclic) bond motifs is 4. The molecule has 1 N–H and O–H groups in total. The Hall–Kier alpha value is -4.03. The molecule has 12 heteroatoms. The van der Waals surface area contributed by atoms with Crippen molar-refractivity contribution < 1.29 is 27.5 Å². The van der Waals surface area contributed by atoms with Gasteiger partial charge in [0, 0.05) is 43.9 Å². The summed E-state index contributed by atoms with van der Waals surface area (Å²) >= 11 is 0. The van der Waals surface area contributed by atoms with Crippen molar-refractivity contribution in [1.82, 2.24) is 19.8 Å². The first-order valence-corrected chi connectivity index (χ1v) is 17.0. The molecule has 0 aliphatic carbocycles. The Kier molecular flexibility index (Phi) is 9.69. The maximum atomic E-state index is 14.4. The molecule has 2 atom stereocenters. The summed E-state index contributed by atoms with van der Waals surface area (Å²) in [4.78, 5) is 40.2. The van der Waals surface area contributed by atoms with Crippen LogP contribution in [0, 0.1) is 25.2 Å². The minimum atomic E-state index is -4.18. The van der Waals surface area contributed by atoms with E-state index in [0.717, 1.165) is 16.7 Å². The highest BCUT2D eigenvalue weighted by molar-refractivity contribution is 7.92. The zero-order valence-corrected chi connectivity index (χ0v) is 28.2. The Labute approximate surface area is 271 Å². The Morgan fingerprint density at radius 2 is 1.76 bits per heavy atom. The van der Waals surface area contributed by atoms with E-state index >= 15 is 0 Å². The molecular weight excluding hydrogens is 606 g/mol. The van der Waals surface area contributed by atoms with Gasteiger partial charge in [-0.15, -0.1) is 0 Å². The number of nitrogens with one attached hydrogen (secondary N) is 1. The molecule has 5 rings (SSSR count). The SMILES string of the molecule is COCCN1CCC(CN2C(=O)c3cccc(c3)S(=O)(=O)Nc3nc(cc(-c4c(C)cccc4C)n3)OC[C@H]2CC(C)(C)C)C1=O. The second kappa shape index (κ2) is 13.4.